The van der Waals surface area contributed by atoms with Gasteiger partial charge < -0.3 is 80.4 Å². The van der Waals surface area contributed by atoms with Gasteiger partial charge in [0.25, 0.3) is 5.91 Å². The van der Waals surface area contributed by atoms with Gasteiger partial charge in [-0.1, -0.05) is 36.4 Å². The molecule has 2 fully saturated rings. The topological polar surface area (TPSA) is 439 Å². The number of hydrogen-bond acceptors (Lipinski definition) is 15. The number of aliphatic hydroxyl groups excluding tert-OH is 2. The van der Waals surface area contributed by atoms with E-state index < -0.39 is 127 Å². The zero-order valence-corrected chi connectivity index (χ0v) is 43.2. The predicted molar refractivity (Wildman–Crippen MR) is 281 cm³/mol. The SMILES string of the molecule is NC(N)=NCCCC(N)C(=O)N[C@H](CCCN=C(N)N)C(=O)N1CCC[C@H]1C(=O)N1CC(O)C[C@H]1C(=O)NCC(=O)NC(C(=O)N[C@@H](CO)C(=O)N[C@@H]1CSc2ccccc2N(CC(=O)O)C1=O)C1Cc2ccccc2C1. The molecule has 0 radical (unpaired) electrons. The number of anilines is 1. The minimum atomic E-state index is -1.62. The second kappa shape index (κ2) is 27.5. The molecule has 8 atom stereocenters. The lowest BCUT2D eigenvalue weighted by atomic mass is 9.95. The van der Waals surface area contributed by atoms with Crippen molar-refractivity contribution in [1.82, 2.24) is 36.4 Å². The van der Waals surface area contributed by atoms with Gasteiger partial charge in [-0.05, 0) is 80.5 Å². The van der Waals surface area contributed by atoms with Gasteiger partial charge in [0, 0.05) is 43.2 Å². The molecule has 2 aromatic carbocycles. The number of amides is 8. The molecule has 77 heavy (non-hydrogen) atoms. The quantitative estimate of drug-likeness (QED) is 0.0266. The lowest BCUT2D eigenvalue weighted by Gasteiger charge is -2.33. The number of nitrogens with one attached hydrogen (secondary N) is 5. The molecule has 3 aliphatic heterocycles. The van der Waals surface area contributed by atoms with Crippen molar-refractivity contribution in [3.05, 3.63) is 59.7 Å². The van der Waals surface area contributed by atoms with Crippen LogP contribution in [-0.4, -0.2) is 190 Å². The Balaban J connectivity index is 1.10. The van der Waals surface area contributed by atoms with Crippen molar-refractivity contribution in [3.63, 3.8) is 0 Å². The minimum Gasteiger partial charge on any atom is -0.480 e. The molecule has 6 rings (SSSR count). The third-order valence-electron chi connectivity index (χ3n) is 13.7. The van der Waals surface area contributed by atoms with Gasteiger partial charge in [-0.25, -0.2) is 0 Å². The van der Waals surface area contributed by atoms with Crippen molar-refractivity contribution in [1.29, 1.82) is 0 Å². The number of carboxylic acid groups (broad SMARTS) is 1. The molecule has 1 aliphatic carbocycles. The first kappa shape index (κ1) is 58.7. The van der Waals surface area contributed by atoms with E-state index in [-0.39, 0.29) is 76.0 Å². The largest absolute Gasteiger partial charge is 0.480 e. The number of rotatable bonds is 24. The molecule has 28 heteroatoms. The lowest BCUT2D eigenvalue weighted by Crippen LogP contribution is -2.60. The molecule has 3 unspecified atom stereocenters. The molecular formula is C49H69N15O12S. The molecule has 0 bridgehead atoms. The first-order valence-corrected chi connectivity index (χ1v) is 26.3. The van der Waals surface area contributed by atoms with Crippen LogP contribution in [-0.2, 0) is 56.0 Å². The Morgan fingerprint density at radius 2 is 1.43 bits per heavy atom. The average Bonchev–Trinajstić information content (AvgIpc) is 4.17. The van der Waals surface area contributed by atoms with Gasteiger partial charge in [0.2, 0.25) is 41.4 Å². The van der Waals surface area contributed by atoms with E-state index in [4.69, 9.17) is 28.7 Å². The zero-order chi connectivity index (χ0) is 55.9. The summed E-state index contributed by atoms with van der Waals surface area (Å²) < 4.78 is 0. The predicted octanol–water partition coefficient (Wildman–Crippen LogP) is -4.94. The number of benzene rings is 2. The van der Waals surface area contributed by atoms with Gasteiger partial charge in [-0.3, -0.25) is 58.0 Å². The molecule has 27 nitrogen and oxygen atoms in total. The number of guanidine groups is 2. The van der Waals surface area contributed by atoms with Crippen LogP contribution in [0.15, 0.2) is 63.4 Å². The minimum absolute atomic E-state index is 0.00555. The molecule has 418 valence electrons. The maximum absolute atomic E-state index is 14.4. The highest BCUT2D eigenvalue weighted by atomic mass is 32.2. The summed E-state index contributed by atoms with van der Waals surface area (Å²) in [5, 5.41) is 43.7. The fourth-order valence-electron chi connectivity index (χ4n) is 9.89. The molecule has 0 spiro atoms. The van der Waals surface area contributed by atoms with Crippen molar-refractivity contribution in [2.24, 2.45) is 44.6 Å². The van der Waals surface area contributed by atoms with E-state index in [0.29, 0.717) is 36.3 Å². The highest BCUT2D eigenvalue weighted by Gasteiger charge is 2.46. The first-order valence-electron chi connectivity index (χ1n) is 25.3. The Morgan fingerprint density at radius 1 is 0.792 bits per heavy atom. The second-order valence-electron chi connectivity index (χ2n) is 19.3. The summed E-state index contributed by atoms with van der Waals surface area (Å²) in [5.41, 5.74) is 30.0. The number of nitrogens with zero attached hydrogens (tertiary/aromatic N) is 5. The van der Waals surface area contributed by atoms with Gasteiger partial charge in [-0.15, -0.1) is 11.8 Å². The van der Waals surface area contributed by atoms with Crippen LogP contribution >= 0.6 is 11.8 Å². The monoisotopic (exact) mass is 1090 g/mol. The smallest absolute Gasteiger partial charge is 0.323 e. The van der Waals surface area contributed by atoms with Gasteiger partial charge in [0.1, 0.15) is 42.8 Å². The number of para-hydroxylation sites is 1. The Kier molecular flexibility index (Phi) is 20.9. The van der Waals surface area contributed by atoms with Crippen LogP contribution in [0.2, 0.25) is 0 Å². The number of likely N-dealkylation sites (tertiary alicyclic amines) is 2. The summed E-state index contributed by atoms with van der Waals surface area (Å²) in [6.45, 7) is -2.05. The standard InChI is InChI=1S/C49H69N15O12S/c50-30(10-5-15-55-48(51)52)41(70)58-31(11-6-16-56-49(53)54)45(74)62-17-7-13-35(62)47(76)63-22-29(66)20-36(63)43(72)57-21-38(67)61-40(28-18-26-8-1-2-9-27(26)19-28)44(73)59-32(24-65)42(71)60-33-25-77-37-14-4-3-12-34(37)64(46(33)75)23-39(68)69/h1-4,8-9,12,14,28-33,35-36,40,65-66H,5-7,10-11,13,15-25,50H2,(H,57,72)(H,58,70)(H,59,73)(H,60,71)(H,61,67)(H,68,69)(H4,51,52,55)(H4,53,54,56)/t29?,30?,31-,32+,33-,35+,36+,40?/m1/s1. The number of fused-ring (bicyclic) bond motifs is 2. The molecule has 18 N–H and O–H groups in total. The maximum Gasteiger partial charge on any atom is 0.323 e. The Bertz CT molecular complexity index is 2560. The summed E-state index contributed by atoms with van der Waals surface area (Å²) in [6.07, 6.45) is 0.869. The van der Waals surface area contributed by atoms with Crippen LogP contribution in [0.5, 0.6) is 0 Å². The highest BCUT2D eigenvalue weighted by Crippen LogP contribution is 2.34. The summed E-state index contributed by atoms with van der Waals surface area (Å²) >= 11 is 1.21. The van der Waals surface area contributed by atoms with E-state index in [1.54, 1.807) is 24.3 Å². The van der Waals surface area contributed by atoms with E-state index in [2.05, 4.69) is 36.6 Å². The molecule has 3 heterocycles. The third kappa shape index (κ3) is 15.8. The molecule has 2 aromatic rings. The van der Waals surface area contributed by atoms with E-state index >= 15 is 0 Å². The molecule has 0 aromatic heterocycles. The van der Waals surface area contributed by atoms with Crippen molar-refractivity contribution in [3.8, 4) is 0 Å². The van der Waals surface area contributed by atoms with E-state index in [1.807, 2.05) is 24.3 Å². The van der Waals surface area contributed by atoms with Gasteiger partial charge >= 0.3 is 5.97 Å². The van der Waals surface area contributed by atoms with E-state index in [0.717, 1.165) is 20.9 Å². The van der Waals surface area contributed by atoms with E-state index in [1.165, 1.54) is 16.7 Å². The van der Waals surface area contributed by atoms with E-state index in [9.17, 15) is 58.5 Å². The van der Waals surface area contributed by atoms with Gasteiger partial charge in [0.05, 0.1) is 31.0 Å². The molecule has 2 saturated heterocycles. The number of nitrogens with two attached hydrogens (primary N) is 5. The summed E-state index contributed by atoms with van der Waals surface area (Å²) in [5.74, 6) is -8.12. The Hall–Kier alpha value is -7.56. The number of β-amino-alcohol motifs (C(OH)–C–C–N with tert-alkyl or cyclic N) is 1. The fourth-order valence-corrected chi connectivity index (χ4v) is 11.0. The normalized spacial score (nSPS) is 20.5. The van der Waals surface area contributed by atoms with Crippen LogP contribution < -0.4 is 60.2 Å². The number of carboxylic acids is 1. The van der Waals surface area contributed by atoms with Crippen LogP contribution in [0.1, 0.15) is 56.1 Å². The average molecular weight is 1090 g/mol. The number of hydrogen-bond donors (Lipinski definition) is 13. The summed E-state index contributed by atoms with van der Waals surface area (Å²) in [6, 6.07) is 5.34. The number of aliphatic hydroxyl groups is 2. The highest BCUT2D eigenvalue weighted by molar-refractivity contribution is 7.99. The zero-order valence-electron chi connectivity index (χ0n) is 42.4. The van der Waals surface area contributed by atoms with Gasteiger partial charge in [0.15, 0.2) is 11.9 Å². The third-order valence-corrected chi connectivity index (χ3v) is 14.8. The lowest BCUT2D eigenvalue weighted by molar-refractivity contribution is -0.148. The molecular weight excluding hydrogens is 1020 g/mol. The van der Waals surface area contributed by atoms with Crippen LogP contribution in [0.3, 0.4) is 0 Å². The maximum atomic E-state index is 14.4. The van der Waals surface area contributed by atoms with Crippen LogP contribution in [0.4, 0.5) is 5.69 Å². The van der Waals surface area contributed by atoms with Crippen LogP contribution in [0, 0.1) is 5.92 Å². The van der Waals surface area contributed by atoms with Crippen molar-refractivity contribution in [2.75, 3.05) is 56.5 Å². The van der Waals surface area contributed by atoms with Crippen LogP contribution in [0.25, 0.3) is 0 Å². The van der Waals surface area contributed by atoms with Crippen molar-refractivity contribution < 1.29 is 58.5 Å². The second-order valence-corrected chi connectivity index (χ2v) is 20.3. The number of aliphatic carboxylic acids is 1. The van der Waals surface area contributed by atoms with Crippen molar-refractivity contribution in [2.45, 2.75) is 111 Å². The fraction of sp³-hybridized carbons (Fsp3) is 0.531. The molecule has 0 saturated carbocycles. The summed E-state index contributed by atoms with van der Waals surface area (Å²) in [7, 11) is 0. The Labute approximate surface area is 447 Å². The number of carbonyl (C=O) groups is 9. The Morgan fingerprint density at radius 3 is 2.08 bits per heavy atom. The van der Waals surface area contributed by atoms with Gasteiger partial charge in [-0.2, -0.15) is 0 Å². The van der Waals surface area contributed by atoms with Crippen molar-refractivity contribution >= 4 is 82.6 Å². The molecule has 4 aliphatic rings. The number of carbonyl (C=O) groups excluding carboxylic acids is 8. The number of aliphatic imine (C=N–C) groups is 2. The number of thioether (sulfide) groups is 1. The molecule has 8 amide bonds. The summed E-state index contributed by atoms with van der Waals surface area (Å²) in [4.78, 5) is 135. The first-order chi connectivity index (χ1) is 36.8.